The zero-order chi connectivity index (χ0) is 24.4. The molecule has 0 radical (unpaired) electrons. The first kappa shape index (κ1) is 28.7. The van der Waals surface area contributed by atoms with Gasteiger partial charge in [-0.1, -0.05) is 34.6 Å². The van der Waals surface area contributed by atoms with Crippen molar-refractivity contribution in [2.45, 2.75) is 91.5 Å². The number of hydrogen-bond donors (Lipinski definition) is 6. The lowest BCUT2D eigenvalue weighted by Gasteiger charge is -2.31. The SMILES string of the molecule is CC(C)C[C@@H]([C@H](O)C[C@H](O)CC[C@@H](C)C[C@H](C)C[C@@H](C)CO)[C@@H](O)c1cc(O)cc(O)c1. The van der Waals surface area contributed by atoms with Gasteiger partial charge in [-0.3, -0.25) is 0 Å². The number of aliphatic hydroxyl groups is 4. The third-order valence-electron chi connectivity index (χ3n) is 6.34. The van der Waals surface area contributed by atoms with Gasteiger partial charge < -0.3 is 30.6 Å². The minimum Gasteiger partial charge on any atom is -0.508 e. The molecule has 1 aromatic rings. The number of rotatable bonds is 15. The van der Waals surface area contributed by atoms with Crippen LogP contribution in [0.1, 0.15) is 84.8 Å². The molecule has 6 nitrogen and oxygen atoms in total. The summed E-state index contributed by atoms with van der Waals surface area (Å²) in [6.45, 7) is 10.6. The zero-order valence-corrected chi connectivity index (χ0v) is 20.5. The second kappa shape index (κ2) is 14.0. The highest BCUT2D eigenvalue weighted by Gasteiger charge is 2.31. The molecule has 0 fully saturated rings. The highest BCUT2D eigenvalue weighted by molar-refractivity contribution is 5.37. The Hall–Kier alpha value is -1.34. The Labute approximate surface area is 193 Å². The Morgan fingerprint density at radius 1 is 0.688 bits per heavy atom. The summed E-state index contributed by atoms with van der Waals surface area (Å²) in [6, 6.07) is 3.98. The van der Waals surface area contributed by atoms with Crippen LogP contribution < -0.4 is 0 Å². The molecule has 0 saturated heterocycles. The van der Waals surface area contributed by atoms with Crippen LogP contribution in [0.4, 0.5) is 0 Å². The summed E-state index contributed by atoms with van der Waals surface area (Å²) >= 11 is 0. The normalized spacial score (nSPS) is 18.7. The van der Waals surface area contributed by atoms with Crippen molar-refractivity contribution in [2.75, 3.05) is 6.61 Å². The molecule has 1 aromatic carbocycles. The van der Waals surface area contributed by atoms with E-state index in [4.69, 9.17) is 0 Å². The van der Waals surface area contributed by atoms with Gasteiger partial charge in [-0.2, -0.15) is 0 Å². The van der Waals surface area contributed by atoms with Crippen LogP contribution in [0, 0.1) is 29.6 Å². The third-order valence-corrected chi connectivity index (χ3v) is 6.34. The molecule has 1 rings (SSSR count). The van der Waals surface area contributed by atoms with Gasteiger partial charge in [0.15, 0.2) is 0 Å². The molecular weight excluding hydrogens is 408 g/mol. The van der Waals surface area contributed by atoms with Gasteiger partial charge >= 0.3 is 0 Å². The molecule has 7 atom stereocenters. The van der Waals surface area contributed by atoms with E-state index in [1.807, 2.05) is 20.8 Å². The summed E-state index contributed by atoms with van der Waals surface area (Å²) in [5, 5.41) is 61.0. The van der Waals surface area contributed by atoms with Crippen LogP contribution in [-0.2, 0) is 0 Å². The quantitative estimate of drug-likeness (QED) is 0.234. The first-order valence-corrected chi connectivity index (χ1v) is 12.1. The second-order valence-corrected chi connectivity index (χ2v) is 10.5. The van der Waals surface area contributed by atoms with Gasteiger partial charge in [0.2, 0.25) is 0 Å². The third kappa shape index (κ3) is 10.5. The lowest BCUT2D eigenvalue weighted by atomic mass is 9.81. The molecule has 6 heteroatoms. The number of phenolic OH excluding ortho intramolecular Hbond substituents is 2. The largest absolute Gasteiger partial charge is 0.508 e. The fourth-order valence-electron chi connectivity index (χ4n) is 4.79. The summed E-state index contributed by atoms with van der Waals surface area (Å²) in [5.41, 5.74) is 0.349. The fourth-order valence-corrected chi connectivity index (χ4v) is 4.79. The Bertz CT molecular complexity index is 629. The molecule has 6 N–H and O–H groups in total. The predicted molar refractivity (Wildman–Crippen MR) is 127 cm³/mol. The molecule has 0 aromatic heterocycles. The maximum absolute atomic E-state index is 10.9. The van der Waals surface area contributed by atoms with Gasteiger partial charge in [0.1, 0.15) is 11.5 Å². The van der Waals surface area contributed by atoms with Crippen LogP contribution in [0.15, 0.2) is 18.2 Å². The Balaban J connectivity index is 2.66. The van der Waals surface area contributed by atoms with E-state index < -0.39 is 24.2 Å². The first-order valence-electron chi connectivity index (χ1n) is 12.1. The minimum atomic E-state index is -1.06. The van der Waals surface area contributed by atoms with Crippen LogP contribution in [0.5, 0.6) is 11.5 Å². The van der Waals surface area contributed by atoms with Gasteiger partial charge in [-0.15, -0.1) is 0 Å². The van der Waals surface area contributed by atoms with Crippen molar-refractivity contribution >= 4 is 0 Å². The van der Waals surface area contributed by atoms with Gasteiger partial charge in [-0.05, 0) is 79.9 Å². The van der Waals surface area contributed by atoms with E-state index in [1.54, 1.807) is 0 Å². The van der Waals surface area contributed by atoms with Crippen LogP contribution >= 0.6 is 0 Å². The van der Waals surface area contributed by atoms with Crippen LogP contribution in [0.3, 0.4) is 0 Å². The molecule has 0 saturated carbocycles. The Morgan fingerprint density at radius 2 is 1.25 bits per heavy atom. The standard InChI is InChI=1S/C26H46O6/c1-16(2)8-24(26(32)20-11-22(29)13-23(30)12-20)25(31)14-21(28)7-6-17(3)9-18(4)10-19(5)15-27/h11-13,16-19,21,24-32H,6-10,14-15H2,1-5H3/t17-,18+,19-,21-,24+,25-,26+/m1/s1. The van der Waals surface area contributed by atoms with Gasteiger partial charge in [0.25, 0.3) is 0 Å². The molecule has 0 aliphatic carbocycles. The molecule has 0 amide bonds. The molecule has 0 bridgehead atoms. The first-order chi connectivity index (χ1) is 14.9. The average Bonchev–Trinajstić information content (AvgIpc) is 2.68. The van der Waals surface area contributed by atoms with Crippen LogP contribution in [-0.4, -0.2) is 49.5 Å². The molecule has 0 spiro atoms. The molecule has 0 aliphatic heterocycles. The highest BCUT2D eigenvalue weighted by Crippen LogP contribution is 2.35. The Morgan fingerprint density at radius 3 is 1.78 bits per heavy atom. The van der Waals surface area contributed by atoms with Crippen molar-refractivity contribution in [3.8, 4) is 11.5 Å². The van der Waals surface area contributed by atoms with Crippen LogP contribution in [0.25, 0.3) is 0 Å². The number of hydrogen-bond acceptors (Lipinski definition) is 6. The van der Waals surface area contributed by atoms with Crippen molar-refractivity contribution in [3.63, 3.8) is 0 Å². The van der Waals surface area contributed by atoms with E-state index in [1.165, 1.54) is 18.2 Å². The van der Waals surface area contributed by atoms with Crippen LogP contribution in [0.2, 0.25) is 0 Å². The lowest BCUT2D eigenvalue weighted by Crippen LogP contribution is -2.31. The average molecular weight is 455 g/mol. The summed E-state index contributed by atoms with van der Waals surface area (Å²) in [4.78, 5) is 0. The summed E-state index contributed by atoms with van der Waals surface area (Å²) in [6.07, 6.45) is 1.53. The maximum atomic E-state index is 10.9. The topological polar surface area (TPSA) is 121 Å². The van der Waals surface area contributed by atoms with E-state index in [0.29, 0.717) is 36.2 Å². The zero-order valence-electron chi connectivity index (χ0n) is 20.5. The smallest absolute Gasteiger partial charge is 0.119 e. The van der Waals surface area contributed by atoms with Crippen molar-refractivity contribution in [3.05, 3.63) is 23.8 Å². The van der Waals surface area contributed by atoms with E-state index in [0.717, 1.165) is 19.3 Å². The molecule has 0 aliphatic rings. The minimum absolute atomic E-state index is 0.145. The number of aliphatic hydroxyl groups excluding tert-OH is 4. The Kier molecular flexibility index (Phi) is 12.6. The molecular formula is C26H46O6. The maximum Gasteiger partial charge on any atom is 0.119 e. The van der Waals surface area contributed by atoms with E-state index in [-0.39, 0.29) is 30.4 Å². The monoisotopic (exact) mass is 454 g/mol. The van der Waals surface area contributed by atoms with Gasteiger partial charge in [0, 0.05) is 18.6 Å². The van der Waals surface area contributed by atoms with E-state index >= 15 is 0 Å². The van der Waals surface area contributed by atoms with Gasteiger partial charge in [0.05, 0.1) is 18.3 Å². The molecule has 186 valence electrons. The summed E-state index contributed by atoms with van der Waals surface area (Å²) in [5.74, 6) is 0.658. The van der Waals surface area contributed by atoms with Gasteiger partial charge in [-0.25, -0.2) is 0 Å². The highest BCUT2D eigenvalue weighted by atomic mass is 16.3. The second-order valence-electron chi connectivity index (χ2n) is 10.5. The van der Waals surface area contributed by atoms with Crippen molar-refractivity contribution in [1.82, 2.24) is 0 Å². The predicted octanol–water partition coefficient (Wildman–Crippen LogP) is 4.37. The summed E-state index contributed by atoms with van der Waals surface area (Å²) in [7, 11) is 0. The van der Waals surface area contributed by atoms with Crippen molar-refractivity contribution < 1.29 is 30.6 Å². The fraction of sp³-hybridized carbons (Fsp3) is 0.769. The van der Waals surface area contributed by atoms with Crippen molar-refractivity contribution in [2.24, 2.45) is 29.6 Å². The van der Waals surface area contributed by atoms with E-state index in [2.05, 4.69) is 13.8 Å². The number of phenols is 2. The van der Waals surface area contributed by atoms with Crippen molar-refractivity contribution in [1.29, 1.82) is 0 Å². The summed E-state index contributed by atoms with van der Waals surface area (Å²) < 4.78 is 0. The molecule has 0 unspecified atom stereocenters. The lowest BCUT2D eigenvalue weighted by molar-refractivity contribution is -0.0255. The molecule has 0 heterocycles. The van der Waals surface area contributed by atoms with E-state index in [9.17, 15) is 30.6 Å². The number of aromatic hydroxyl groups is 2. The molecule has 32 heavy (non-hydrogen) atoms. The number of benzene rings is 1.